The molecule has 1 aliphatic heterocycles. The van der Waals surface area contributed by atoms with Crippen LogP contribution in [-0.4, -0.2) is 46.5 Å². The Labute approximate surface area is 182 Å². The third-order valence-electron chi connectivity index (χ3n) is 4.85. The zero-order valence-corrected chi connectivity index (χ0v) is 18.8. The number of anilines is 3. The fourth-order valence-corrected chi connectivity index (χ4v) is 5.05. The van der Waals surface area contributed by atoms with Crippen molar-refractivity contribution in [3.8, 4) is 5.75 Å². The van der Waals surface area contributed by atoms with Gasteiger partial charge in [-0.1, -0.05) is 0 Å². The maximum atomic E-state index is 13.3. The van der Waals surface area contributed by atoms with Gasteiger partial charge in [0.25, 0.3) is 10.0 Å². The highest BCUT2D eigenvalue weighted by Crippen LogP contribution is 2.32. The molecule has 1 amide bonds. The zero-order valence-electron chi connectivity index (χ0n) is 17.2. The van der Waals surface area contributed by atoms with Crippen LogP contribution in [0.5, 0.6) is 5.75 Å². The number of nitrogens with zero attached hydrogens (tertiary/aromatic N) is 1. The Morgan fingerprint density at radius 2 is 1.73 bits per heavy atom. The highest BCUT2D eigenvalue weighted by Gasteiger charge is 2.24. The summed E-state index contributed by atoms with van der Waals surface area (Å²) in [5.41, 5.74) is 1.56. The Balaban J connectivity index is 1.95. The molecular formula is C21H27N3O4S2. The largest absolute Gasteiger partial charge is 0.497 e. The molecule has 2 aromatic carbocycles. The Morgan fingerprint density at radius 1 is 1.07 bits per heavy atom. The molecule has 1 aliphatic rings. The number of carbonyl (C=O) groups excluding carboxylic acids is 1. The summed E-state index contributed by atoms with van der Waals surface area (Å²) in [5.74, 6) is 0.783. The Morgan fingerprint density at radius 3 is 2.37 bits per heavy atom. The highest BCUT2D eigenvalue weighted by atomic mass is 32.2. The van der Waals surface area contributed by atoms with Crippen LogP contribution in [0.2, 0.25) is 0 Å². The summed E-state index contributed by atoms with van der Waals surface area (Å²) >= 11 is 1.41. The second-order valence-corrected chi connectivity index (χ2v) is 9.56. The van der Waals surface area contributed by atoms with Crippen molar-refractivity contribution in [2.24, 2.45) is 0 Å². The van der Waals surface area contributed by atoms with E-state index in [0.29, 0.717) is 28.6 Å². The van der Waals surface area contributed by atoms with Crippen molar-refractivity contribution in [1.29, 1.82) is 0 Å². The summed E-state index contributed by atoms with van der Waals surface area (Å²) in [4.78, 5) is 14.2. The fraction of sp³-hybridized carbons (Fsp3) is 0.381. The van der Waals surface area contributed by atoms with E-state index >= 15 is 0 Å². The second kappa shape index (κ2) is 10.1. The maximum absolute atomic E-state index is 13.3. The highest BCUT2D eigenvalue weighted by molar-refractivity contribution is 7.99. The monoisotopic (exact) mass is 449 g/mol. The summed E-state index contributed by atoms with van der Waals surface area (Å²) in [7, 11) is -2.32. The molecule has 1 saturated heterocycles. The molecule has 1 fully saturated rings. The number of hydrogen-bond donors (Lipinski definition) is 2. The summed E-state index contributed by atoms with van der Waals surface area (Å²) in [5, 5.41) is 2.78. The van der Waals surface area contributed by atoms with Crippen molar-refractivity contribution < 1.29 is 17.9 Å². The Kier molecular flexibility index (Phi) is 7.49. The number of ether oxygens (including phenoxy) is 1. The van der Waals surface area contributed by atoms with Crippen LogP contribution in [0.1, 0.15) is 19.3 Å². The lowest BCUT2D eigenvalue weighted by molar-refractivity contribution is -0.113. The van der Waals surface area contributed by atoms with E-state index in [1.54, 1.807) is 43.5 Å². The number of benzene rings is 2. The van der Waals surface area contributed by atoms with Crippen molar-refractivity contribution in [2.75, 3.05) is 47.1 Å². The standard InChI is InChI=1S/C21H27N3O4S2/c1-28-18-9-6-16(7-10-18)23-30(26,27)20-14-17(22-21(25)15-29-2)8-11-19(20)24-12-4-3-5-13-24/h6-11,14,23H,3-5,12-13,15H2,1-2H3,(H,22,25). The quantitative estimate of drug-likeness (QED) is 0.638. The number of carbonyl (C=O) groups is 1. The molecule has 9 heteroatoms. The van der Waals surface area contributed by atoms with Gasteiger partial charge in [-0.05, 0) is 68.0 Å². The summed E-state index contributed by atoms with van der Waals surface area (Å²) in [6, 6.07) is 11.8. The lowest BCUT2D eigenvalue weighted by Gasteiger charge is -2.30. The SMILES string of the molecule is COc1ccc(NS(=O)(=O)c2cc(NC(=O)CSC)ccc2N2CCCCC2)cc1. The van der Waals surface area contributed by atoms with Crippen molar-refractivity contribution in [2.45, 2.75) is 24.2 Å². The predicted octanol–water partition coefficient (Wildman–Crippen LogP) is 3.79. The topological polar surface area (TPSA) is 87.7 Å². The van der Waals surface area contributed by atoms with Gasteiger partial charge in [0.15, 0.2) is 0 Å². The van der Waals surface area contributed by atoms with E-state index < -0.39 is 10.0 Å². The van der Waals surface area contributed by atoms with Crippen molar-refractivity contribution >= 4 is 44.8 Å². The summed E-state index contributed by atoms with van der Waals surface area (Å²) in [6.07, 6.45) is 5.04. The van der Waals surface area contributed by atoms with Gasteiger partial charge in [0.05, 0.1) is 18.6 Å². The van der Waals surface area contributed by atoms with Crippen LogP contribution in [0, 0.1) is 0 Å². The fourth-order valence-electron chi connectivity index (χ4n) is 3.40. The molecule has 0 atom stereocenters. The van der Waals surface area contributed by atoms with Gasteiger partial charge in [0, 0.05) is 24.5 Å². The number of hydrogen-bond acceptors (Lipinski definition) is 6. The smallest absolute Gasteiger partial charge is 0.264 e. The normalized spacial score (nSPS) is 14.3. The van der Waals surface area contributed by atoms with Gasteiger partial charge in [-0.25, -0.2) is 8.42 Å². The molecule has 2 aromatic rings. The first kappa shape index (κ1) is 22.3. The van der Waals surface area contributed by atoms with Crippen molar-refractivity contribution in [3.05, 3.63) is 42.5 Å². The number of piperidine rings is 1. The van der Waals surface area contributed by atoms with Gasteiger partial charge in [0.1, 0.15) is 10.6 Å². The average Bonchev–Trinajstić information content (AvgIpc) is 2.75. The molecule has 0 aliphatic carbocycles. The minimum Gasteiger partial charge on any atom is -0.497 e. The van der Waals surface area contributed by atoms with Gasteiger partial charge in [0.2, 0.25) is 5.91 Å². The molecule has 0 unspecified atom stereocenters. The van der Waals surface area contributed by atoms with Crippen LogP contribution in [0.15, 0.2) is 47.4 Å². The van der Waals surface area contributed by atoms with E-state index in [-0.39, 0.29) is 10.8 Å². The zero-order chi connectivity index (χ0) is 21.6. The Bertz CT molecular complexity index is 972. The molecular weight excluding hydrogens is 422 g/mol. The molecule has 7 nitrogen and oxygen atoms in total. The van der Waals surface area contributed by atoms with E-state index in [1.165, 1.54) is 17.8 Å². The number of rotatable bonds is 8. The lowest BCUT2D eigenvalue weighted by Crippen LogP contribution is -2.31. The van der Waals surface area contributed by atoms with Crippen LogP contribution in [-0.2, 0) is 14.8 Å². The Hall–Kier alpha value is -2.39. The maximum Gasteiger partial charge on any atom is 0.264 e. The second-order valence-electron chi connectivity index (χ2n) is 7.05. The van der Waals surface area contributed by atoms with E-state index in [1.807, 2.05) is 6.26 Å². The van der Waals surface area contributed by atoms with Crippen LogP contribution >= 0.6 is 11.8 Å². The minimum absolute atomic E-state index is 0.155. The molecule has 2 N–H and O–H groups in total. The molecule has 162 valence electrons. The minimum atomic E-state index is -3.87. The molecule has 0 aromatic heterocycles. The van der Waals surface area contributed by atoms with Gasteiger partial charge in [-0.15, -0.1) is 0 Å². The molecule has 0 saturated carbocycles. The first-order valence-corrected chi connectivity index (χ1v) is 12.7. The number of thioether (sulfide) groups is 1. The van der Waals surface area contributed by atoms with E-state index in [2.05, 4.69) is 14.9 Å². The van der Waals surface area contributed by atoms with Gasteiger partial charge in [-0.2, -0.15) is 11.8 Å². The first-order valence-electron chi connectivity index (χ1n) is 9.77. The lowest BCUT2D eigenvalue weighted by atomic mass is 10.1. The molecule has 0 spiro atoms. The molecule has 0 radical (unpaired) electrons. The molecule has 3 rings (SSSR count). The number of nitrogens with one attached hydrogen (secondary N) is 2. The van der Waals surface area contributed by atoms with Crippen molar-refractivity contribution in [3.63, 3.8) is 0 Å². The summed E-state index contributed by atoms with van der Waals surface area (Å²) in [6.45, 7) is 1.62. The van der Waals surface area contributed by atoms with E-state index in [4.69, 9.17) is 4.74 Å². The third-order valence-corrected chi connectivity index (χ3v) is 6.81. The predicted molar refractivity (Wildman–Crippen MR) is 123 cm³/mol. The first-order chi connectivity index (χ1) is 14.4. The number of methoxy groups -OCH3 is 1. The molecule has 0 bridgehead atoms. The third kappa shape index (κ3) is 5.60. The number of sulfonamides is 1. The van der Waals surface area contributed by atoms with Crippen LogP contribution < -0.4 is 19.7 Å². The van der Waals surface area contributed by atoms with Gasteiger partial charge >= 0.3 is 0 Å². The van der Waals surface area contributed by atoms with Crippen molar-refractivity contribution in [1.82, 2.24) is 0 Å². The van der Waals surface area contributed by atoms with E-state index in [0.717, 1.165) is 32.4 Å². The van der Waals surface area contributed by atoms with Crippen LogP contribution in [0.3, 0.4) is 0 Å². The van der Waals surface area contributed by atoms with E-state index in [9.17, 15) is 13.2 Å². The van der Waals surface area contributed by atoms with Gasteiger partial charge in [-0.3, -0.25) is 9.52 Å². The molecule has 30 heavy (non-hydrogen) atoms. The van der Waals surface area contributed by atoms with Crippen LogP contribution in [0.4, 0.5) is 17.1 Å². The molecule has 1 heterocycles. The van der Waals surface area contributed by atoms with Crippen LogP contribution in [0.25, 0.3) is 0 Å². The summed E-state index contributed by atoms with van der Waals surface area (Å²) < 4.78 is 34.4. The number of amides is 1. The average molecular weight is 450 g/mol. The van der Waals surface area contributed by atoms with Gasteiger partial charge < -0.3 is 15.0 Å².